The Morgan fingerprint density at radius 3 is 2.22 bits per heavy atom. The molecule has 2 saturated carbocycles. The van der Waals surface area contributed by atoms with Crippen molar-refractivity contribution in [2.45, 2.75) is 51.5 Å². The summed E-state index contributed by atoms with van der Waals surface area (Å²) >= 11 is 0. The first-order valence-electron chi connectivity index (χ1n) is 9.42. The third-order valence-corrected chi connectivity index (χ3v) is 6.75. The molecule has 32 heavy (non-hydrogen) atoms. The maximum Gasteiger partial charge on any atom is 0.311 e. The molecule has 2 bridgehead atoms. The van der Waals surface area contributed by atoms with E-state index in [1.807, 2.05) is 0 Å². The number of fused-ring (bicyclic) bond motifs is 1. The Morgan fingerprint density at radius 2 is 1.75 bits per heavy atom. The molecule has 3 rings (SSSR count). The molecular weight excluding hydrogens is 711 g/mol. The number of alkyl halides is 2. The molecule has 0 aromatic rings. The summed E-state index contributed by atoms with van der Waals surface area (Å²) in [6.45, 7) is 5.21. The van der Waals surface area contributed by atoms with E-state index >= 15 is 0 Å². The summed E-state index contributed by atoms with van der Waals surface area (Å²) in [4.78, 5) is 50.8. The van der Waals surface area contributed by atoms with E-state index in [-0.39, 0.29) is 6.42 Å². The molecule has 0 radical (unpaired) electrons. The van der Waals surface area contributed by atoms with Gasteiger partial charge >= 0.3 is 5.97 Å². The van der Waals surface area contributed by atoms with Crippen LogP contribution in [0.2, 0.25) is 0 Å². The maximum absolute atomic E-state index is 13.4. The minimum Gasteiger partial charge on any atom is -0.746 e. The van der Waals surface area contributed by atoms with Crippen molar-refractivity contribution >= 4 is 33.9 Å². The van der Waals surface area contributed by atoms with E-state index in [4.69, 9.17) is 4.74 Å². The average Bonchev–Trinajstić information content (AvgIpc) is 3.20. The summed E-state index contributed by atoms with van der Waals surface area (Å²) < 4.78 is 68.3. The third kappa shape index (κ3) is 3.68. The van der Waals surface area contributed by atoms with Gasteiger partial charge in [0.15, 0.2) is 0 Å². The second-order valence-corrected chi connectivity index (χ2v) is 10.5. The minimum absolute atomic E-state index is 0. The molecule has 3 fully saturated rings. The normalized spacial score (nSPS) is 31.3. The zero-order chi connectivity index (χ0) is 23.7. The summed E-state index contributed by atoms with van der Waals surface area (Å²) in [7, 11) is -6.12. The van der Waals surface area contributed by atoms with Crippen LogP contribution in [-0.2, 0) is 38.8 Å². The number of nitrogens with zero attached hydrogens (tertiary/aromatic N) is 1. The van der Waals surface area contributed by atoms with Crippen LogP contribution in [0.5, 0.6) is 0 Å². The van der Waals surface area contributed by atoms with Crippen molar-refractivity contribution in [3.05, 3.63) is 6.61 Å². The molecule has 3 aliphatic rings. The molecule has 0 spiro atoms. The van der Waals surface area contributed by atoms with Crippen molar-refractivity contribution in [1.29, 1.82) is 0 Å². The predicted octanol–water partition coefficient (Wildman–Crippen LogP) is 0.427. The van der Waals surface area contributed by atoms with Crippen LogP contribution in [0.4, 0.5) is 8.78 Å². The number of esters is 2. The molecule has 6 atom stereocenters. The molecule has 6 unspecified atom stereocenters. The van der Waals surface area contributed by atoms with E-state index in [9.17, 15) is 40.9 Å². The molecule has 176 valence electrons. The van der Waals surface area contributed by atoms with Gasteiger partial charge in [0.05, 0.1) is 23.3 Å². The van der Waals surface area contributed by atoms with Crippen LogP contribution in [0.1, 0.15) is 34.1 Å². The Morgan fingerprint density at radius 1 is 1.19 bits per heavy atom. The van der Waals surface area contributed by atoms with Crippen molar-refractivity contribution in [3.8, 4) is 0 Å². The molecule has 2 aliphatic carbocycles. The first-order valence-corrected chi connectivity index (χ1v) is 10.8. The van der Waals surface area contributed by atoms with Gasteiger partial charge in [0.2, 0.25) is 11.8 Å². The Labute approximate surface area is 177 Å². The number of likely N-dealkylation sites (tertiary alicyclic amines) is 1. The van der Waals surface area contributed by atoms with Gasteiger partial charge < -0.3 is 14.0 Å². The van der Waals surface area contributed by atoms with E-state index in [0.717, 1.165) is 11.8 Å². The Kier molecular flexibility index (Phi) is 5.86. The molecular formula is C18H21F2NO9RfS-2. The standard InChI is InChI=1S/C18H22F2NO9S.Rf/c1-7(22)21-12-8-5-9(13(12)30-16(25)17(2,3)4)11(10(8)14(21)23)15(24)29-6-18(19,20)31(26,27)28;/h6,8-13H,5H2,1-4H3,(H,26,27,28);/q-1;/p-1. The quantitative estimate of drug-likeness (QED) is 0.223. The summed E-state index contributed by atoms with van der Waals surface area (Å²) in [5.74, 6) is -7.13. The van der Waals surface area contributed by atoms with Gasteiger partial charge in [0.1, 0.15) is 16.2 Å². The first kappa shape index (κ1) is 25.1. The van der Waals surface area contributed by atoms with Crippen molar-refractivity contribution in [2.75, 3.05) is 0 Å². The van der Waals surface area contributed by atoms with Crippen molar-refractivity contribution in [3.63, 3.8) is 0 Å². The number of imide groups is 1. The average molecular weight is 732 g/mol. The van der Waals surface area contributed by atoms with Gasteiger partial charge in [-0.25, -0.2) is 17.2 Å². The van der Waals surface area contributed by atoms with Gasteiger partial charge in [0.25, 0.3) is 11.2 Å². The third-order valence-electron chi connectivity index (χ3n) is 5.98. The SMILES string of the molecule is CC(=O)N1C(=O)C2C3CC(C(OC(=O)C(C)(C)C)C31)C2C(=O)O[CH-]C(F)(F)S(=O)(=O)[O-].[Rf]. The summed E-state index contributed by atoms with van der Waals surface area (Å²) in [5.41, 5.74) is -0.931. The van der Waals surface area contributed by atoms with Gasteiger partial charge in [-0.1, -0.05) is 6.61 Å². The monoisotopic (exact) mass is 732 g/mol. The van der Waals surface area contributed by atoms with Crippen LogP contribution in [-0.4, -0.2) is 59.0 Å². The van der Waals surface area contributed by atoms with Crippen LogP contribution in [0.15, 0.2) is 0 Å². The van der Waals surface area contributed by atoms with Gasteiger partial charge in [-0.2, -0.15) is 0 Å². The molecule has 1 aliphatic heterocycles. The van der Waals surface area contributed by atoms with Crippen LogP contribution >= 0.6 is 0 Å². The van der Waals surface area contributed by atoms with Crippen LogP contribution < -0.4 is 0 Å². The number of hydrogen-bond acceptors (Lipinski definition) is 9. The molecule has 14 heteroatoms. The zero-order valence-electron chi connectivity index (χ0n) is 17.7. The Bertz CT molecular complexity index is 949. The number of halogens is 2. The first-order chi connectivity index (χ1) is 14.0. The molecule has 0 N–H and O–H groups in total. The van der Waals surface area contributed by atoms with Crippen LogP contribution in [0, 0.1) is 35.7 Å². The van der Waals surface area contributed by atoms with Gasteiger partial charge in [-0.15, -0.1) is 0 Å². The smallest absolute Gasteiger partial charge is 0.311 e. The fourth-order valence-electron chi connectivity index (χ4n) is 4.72. The number of ether oxygens (including phenoxy) is 2. The number of hydrogen-bond donors (Lipinski definition) is 0. The maximum atomic E-state index is 13.4. The summed E-state index contributed by atoms with van der Waals surface area (Å²) in [5, 5.41) is -4.97. The fourth-order valence-corrected chi connectivity index (χ4v) is 4.88. The van der Waals surface area contributed by atoms with E-state index in [1.54, 1.807) is 20.8 Å². The molecule has 2 amide bonds. The van der Waals surface area contributed by atoms with Crippen molar-refractivity contribution in [1.82, 2.24) is 4.90 Å². The second kappa shape index (κ2) is 7.47. The minimum atomic E-state index is -6.12. The number of rotatable bonds is 5. The largest absolute Gasteiger partial charge is 0.746 e. The zero-order valence-corrected chi connectivity index (χ0v) is 25.0. The molecule has 0 aromatic heterocycles. The van der Waals surface area contributed by atoms with Gasteiger partial charge in [0, 0.05) is 12.8 Å². The Balaban J connectivity index is 0.00000363. The number of carbonyl (C=O) groups is 4. The fraction of sp³-hybridized carbons (Fsp3) is 0.722. The van der Waals surface area contributed by atoms with Crippen LogP contribution in [0.3, 0.4) is 0 Å². The van der Waals surface area contributed by atoms with Crippen molar-refractivity contribution in [2.24, 2.45) is 29.1 Å². The number of carbonyl (C=O) groups excluding carboxylic acids is 4. The van der Waals surface area contributed by atoms with Gasteiger partial charge in [-0.05, 0) is 33.1 Å². The molecule has 1 saturated heterocycles. The molecule has 1 heterocycles. The summed E-state index contributed by atoms with van der Waals surface area (Å²) in [6, 6.07) is -0.789. The molecule has 0 aromatic carbocycles. The van der Waals surface area contributed by atoms with Crippen molar-refractivity contribution < 1.29 is 50.4 Å². The topological polar surface area (TPSA) is 147 Å². The summed E-state index contributed by atoms with van der Waals surface area (Å²) in [6.07, 6.45) is -0.854. The van der Waals surface area contributed by atoms with E-state index in [1.165, 1.54) is 0 Å². The van der Waals surface area contributed by atoms with E-state index in [2.05, 4.69) is 4.74 Å². The predicted molar refractivity (Wildman–Crippen MR) is 94.3 cm³/mol. The van der Waals surface area contributed by atoms with E-state index in [0.29, 0.717) is 0 Å². The number of amides is 2. The molecule has 10 nitrogen and oxygen atoms in total. The second-order valence-electron chi connectivity index (χ2n) is 9.02. The van der Waals surface area contributed by atoms with Gasteiger partial charge in [-0.3, -0.25) is 24.1 Å². The van der Waals surface area contributed by atoms with Crippen LogP contribution in [0.25, 0.3) is 0 Å². The Hall–Kier alpha value is -3.15. The van der Waals surface area contributed by atoms with E-state index < -0.39 is 87.0 Å².